The van der Waals surface area contributed by atoms with Gasteiger partial charge in [0.1, 0.15) is 18.5 Å². The molecule has 1 heterocycles. The second-order valence-corrected chi connectivity index (χ2v) is 6.68. The monoisotopic (exact) mass is 393 g/mol. The van der Waals surface area contributed by atoms with Gasteiger partial charge >= 0.3 is 11.7 Å². The lowest BCUT2D eigenvalue weighted by Gasteiger charge is -2.18. The highest BCUT2D eigenvalue weighted by Crippen LogP contribution is 2.43. The number of rotatable bonds is 7. The van der Waals surface area contributed by atoms with Crippen LogP contribution in [0, 0.1) is 16.0 Å². The van der Waals surface area contributed by atoms with Gasteiger partial charge in [0.15, 0.2) is 0 Å². The summed E-state index contributed by atoms with van der Waals surface area (Å²) in [6, 6.07) is 7.78. The van der Waals surface area contributed by atoms with Gasteiger partial charge in [-0.25, -0.2) is 0 Å². The van der Waals surface area contributed by atoms with E-state index in [1.165, 1.54) is 17.1 Å². The number of nitrogens with zero attached hydrogens (tertiary/aromatic N) is 3. The first-order valence-corrected chi connectivity index (χ1v) is 8.44. The summed E-state index contributed by atoms with van der Waals surface area (Å²) >= 11 is 3.40. The van der Waals surface area contributed by atoms with Crippen molar-refractivity contribution in [2.24, 2.45) is 5.92 Å². The van der Waals surface area contributed by atoms with E-state index < -0.39 is 4.92 Å². The average molecular weight is 394 g/mol. The molecule has 3 rings (SSSR count). The Labute approximate surface area is 146 Å². The summed E-state index contributed by atoms with van der Waals surface area (Å²) in [5.41, 5.74) is 0.901. The molecule has 0 bridgehead atoms. The zero-order valence-corrected chi connectivity index (χ0v) is 14.4. The number of aryl methyl sites for hydroxylation is 1. The Balaban J connectivity index is 1.57. The molecule has 0 amide bonds. The number of hydrogen-bond acceptors (Lipinski definition) is 5. The van der Waals surface area contributed by atoms with Gasteiger partial charge in [0.2, 0.25) is 0 Å². The second kappa shape index (κ2) is 7.12. The number of carbonyl (C=O) groups excluding carboxylic acids is 1. The normalized spacial score (nSPS) is 15.0. The van der Waals surface area contributed by atoms with Crippen LogP contribution in [0.25, 0.3) is 0 Å². The number of esters is 1. The third-order valence-electron chi connectivity index (χ3n) is 3.88. The topological polar surface area (TPSA) is 87.3 Å². The molecule has 0 unspecified atom stereocenters. The molecule has 1 aliphatic rings. The van der Waals surface area contributed by atoms with Crippen molar-refractivity contribution < 1.29 is 14.5 Å². The van der Waals surface area contributed by atoms with Crippen LogP contribution >= 0.6 is 15.9 Å². The van der Waals surface area contributed by atoms with Crippen molar-refractivity contribution in [3.8, 4) is 0 Å². The molecular weight excluding hydrogens is 378 g/mol. The lowest BCUT2D eigenvalue weighted by molar-refractivity contribution is -0.385. The molecule has 1 fully saturated rings. The van der Waals surface area contributed by atoms with E-state index in [0.29, 0.717) is 5.92 Å². The molecule has 0 saturated heterocycles. The van der Waals surface area contributed by atoms with E-state index in [1.807, 2.05) is 24.3 Å². The summed E-state index contributed by atoms with van der Waals surface area (Å²) in [5, 5.41) is 14.5. The van der Waals surface area contributed by atoms with Crippen LogP contribution in [0.3, 0.4) is 0 Å². The number of aromatic nitrogens is 2. The molecule has 0 radical (unpaired) electrons. The molecule has 0 N–H and O–H groups in total. The van der Waals surface area contributed by atoms with Crippen molar-refractivity contribution in [3.05, 3.63) is 56.8 Å². The molecule has 1 aromatic carbocycles. The number of ether oxygens (including phenoxy) is 1. The Morgan fingerprint density at radius 2 is 2.12 bits per heavy atom. The first-order chi connectivity index (χ1) is 11.5. The fourth-order valence-corrected chi connectivity index (χ4v) is 2.73. The van der Waals surface area contributed by atoms with Gasteiger partial charge in [-0.15, -0.1) is 0 Å². The quantitative estimate of drug-likeness (QED) is 0.407. The Bertz CT molecular complexity index is 740. The summed E-state index contributed by atoms with van der Waals surface area (Å²) in [7, 11) is 0. The Kier molecular flexibility index (Phi) is 4.94. The van der Waals surface area contributed by atoms with E-state index in [2.05, 4.69) is 21.0 Å². The number of carbonyl (C=O) groups is 1. The van der Waals surface area contributed by atoms with E-state index in [9.17, 15) is 14.9 Å². The fraction of sp³-hybridized carbons (Fsp3) is 0.375. The summed E-state index contributed by atoms with van der Waals surface area (Å²) in [6.45, 7) is 0.254. The van der Waals surface area contributed by atoms with Crippen LogP contribution in [-0.4, -0.2) is 20.7 Å². The maximum Gasteiger partial charge on any atom is 0.308 e. The van der Waals surface area contributed by atoms with Gasteiger partial charge in [-0.1, -0.05) is 28.1 Å². The SMILES string of the molecule is O=C(CCn1cc([N+](=O)[O-])cn1)O[C@H](c1ccc(Br)cc1)C1CC1. The molecule has 0 aliphatic heterocycles. The van der Waals surface area contributed by atoms with Crippen LogP contribution in [0.1, 0.15) is 30.9 Å². The number of benzene rings is 1. The lowest BCUT2D eigenvalue weighted by atomic mass is 10.1. The van der Waals surface area contributed by atoms with Gasteiger partial charge in [0, 0.05) is 10.4 Å². The zero-order chi connectivity index (χ0) is 17.1. The Hall–Kier alpha value is -2.22. The highest BCUT2D eigenvalue weighted by atomic mass is 79.9. The third kappa shape index (κ3) is 4.19. The number of hydrogen-bond donors (Lipinski definition) is 0. The van der Waals surface area contributed by atoms with E-state index >= 15 is 0 Å². The summed E-state index contributed by atoms with van der Waals surface area (Å²) < 4.78 is 8.01. The van der Waals surface area contributed by atoms with Crippen molar-refractivity contribution in [3.63, 3.8) is 0 Å². The minimum absolute atomic E-state index is 0.0888. The Morgan fingerprint density at radius 3 is 2.71 bits per heavy atom. The minimum atomic E-state index is -0.515. The Morgan fingerprint density at radius 1 is 1.42 bits per heavy atom. The first kappa shape index (κ1) is 16.6. The van der Waals surface area contributed by atoms with Crippen LogP contribution < -0.4 is 0 Å². The van der Waals surface area contributed by atoms with Crippen molar-refractivity contribution >= 4 is 27.6 Å². The van der Waals surface area contributed by atoms with Gasteiger partial charge in [-0.3, -0.25) is 19.6 Å². The molecule has 2 aromatic rings. The van der Waals surface area contributed by atoms with Crippen LogP contribution in [-0.2, 0) is 16.1 Å². The summed E-state index contributed by atoms with van der Waals surface area (Å²) in [5.74, 6) is 0.0499. The van der Waals surface area contributed by atoms with Crippen LogP contribution in [0.2, 0.25) is 0 Å². The average Bonchev–Trinajstić information content (AvgIpc) is 3.28. The molecule has 1 aromatic heterocycles. The van der Waals surface area contributed by atoms with E-state index in [4.69, 9.17) is 4.74 Å². The molecule has 7 nitrogen and oxygen atoms in total. The van der Waals surface area contributed by atoms with Crippen LogP contribution in [0.4, 0.5) is 5.69 Å². The van der Waals surface area contributed by atoms with Gasteiger partial charge in [0.25, 0.3) is 0 Å². The fourth-order valence-electron chi connectivity index (χ4n) is 2.46. The van der Waals surface area contributed by atoms with Crippen molar-refractivity contribution in [2.45, 2.75) is 31.9 Å². The standard InChI is InChI=1S/C16H16BrN3O4/c17-13-5-3-12(4-6-13)16(11-1-2-11)24-15(21)7-8-19-10-14(9-18-19)20(22)23/h3-6,9-11,16H,1-2,7-8H2/t16-/m0/s1. The number of nitro groups is 1. The predicted octanol–water partition coefficient (Wildman–Crippen LogP) is 3.64. The largest absolute Gasteiger partial charge is 0.457 e. The zero-order valence-electron chi connectivity index (χ0n) is 12.8. The maximum absolute atomic E-state index is 12.1. The second-order valence-electron chi connectivity index (χ2n) is 5.77. The molecule has 8 heteroatoms. The van der Waals surface area contributed by atoms with Gasteiger partial charge < -0.3 is 4.74 Å². The van der Waals surface area contributed by atoms with Gasteiger partial charge in [-0.05, 0) is 30.5 Å². The van der Waals surface area contributed by atoms with Gasteiger partial charge in [0.05, 0.1) is 17.9 Å². The molecular formula is C16H16BrN3O4. The minimum Gasteiger partial charge on any atom is -0.457 e. The van der Waals surface area contributed by atoms with E-state index in [1.54, 1.807) is 0 Å². The summed E-state index contributed by atoms with van der Waals surface area (Å²) in [6.07, 6.45) is 4.48. The third-order valence-corrected chi connectivity index (χ3v) is 4.41. The first-order valence-electron chi connectivity index (χ1n) is 7.65. The molecule has 0 spiro atoms. The van der Waals surface area contributed by atoms with Crippen molar-refractivity contribution in [2.75, 3.05) is 0 Å². The lowest BCUT2D eigenvalue weighted by Crippen LogP contribution is -2.15. The smallest absolute Gasteiger partial charge is 0.308 e. The highest BCUT2D eigenvalue weighted by molar-refractivity contribution is 9.10. The van der Waals surface area contributed by atoms with Gasteiger partial charge in [-0.2, -0.15) is 5.10 Å². The molecule has 1 atom stereocenters. The maximum atomic E-state index is 12.1. The van der Waals surface area contributed by atoms with E-state index in [-0.39, 0.29) is 30.7 Å². The van der Waals surface area contributed by atoms with E-state index in [0.717, 1.165) is 22.9 Å². The highest BCUT2D eigenvalue weighted by Gasteiger charge is 2.35. The summed E-state index contributed by atoms with van der Waals surface area (Å²) in [4.78, 5) is 22.2. The number of halogens is 1. The molecule has 1 aliphatic carbocycles. The molecule has 1 saturated carbocycles. The van der Waals surface area contributed by atoms with Crippen LogP contribution in [0.15, 0.2) is 41.1 Å². The van der Waals surface area contributed by atoms with Crippen molar-refractivity contribution in [1.82, 2.24) is 9.78 Å². The molecule has 126 valence electrons. The van der Waals surface area contributed by atoms with Crippen molar-refractivity contribution in [1.29, 1.82) is 0 Å². The van der Waals surface area contributed by atoms with Crippen LogP contribution in [0.5, 0.6) is 0 Å². The predicted molar refractivity (Wildman–Crippen MR) is 89.2 cm³/mol. The molecule has 24 heavy (non-hydrogen) atoms.